The predicted octanol–water partition coefficient (Wildman–Crippen LogP) is 4.52. The van der Waals surface area contributed by atoms with Gasteiger partial charge in [-0.25, -0.2) is 4.98 Å². The number of rotatable bonds is 6. The smallest absolute Gasteiger partial charge is 0.263 e. The van der Waals surface area contributed by atoms with Gasteiger partial charge in [-0.3, -0.25) is 4.79 Å². The zero-order chi connectivity index (χ0) is 17.6. The lowest BCUT2D eigenvalue weighted by Crippen LogP contribution is -2.26. The highest BCUT2D eigenvalue weighted by molar-refractivity contribution is 7.13. The summed E-state index contributed by atoms with van der Waals surface area (Å²) >= 11 is 1.38. The lowest BCUT2D eigenvalue weighted by atomic mass is 10.1. The minimum absolute atomic E-state index is 0.0563. The summed E-state index contributed by atoms with van der Waals surface area (Å²) in [4.78, 5) is 17.6. The fourth-order valence-corrected chi connectivity index (χ4v) is 3.35. The van der Waals surface area contributed by atoms with E-state index in [1.165, 1.54) is 11.3 Å². The topological polar surface area (TPSA) is 51.2 Å². The fraction of sp³-hybridized carbons (Fsp3) is 0.200. The summed E-state index contributed by atoms with van der Waals surface area (Å²) in [6.07, 6.45) is 0. The molecule has 1 atom stereocenters. The number of nitrogens with zero attached hydrogens (tertiary/aromatic N) is 1. The maximum absolute atomic E-state index is 12.6. The second-order valence-corrected chi connectivity index (χ2v) is 6.81. The van der Waals surface area contributed by atoms with Crippen molar-refractivity contribution in [3.8, 4) is 5.75 Å². The van der Waals surface area contributed by atoms with Gasteiger partial charge in [0.2, 0.25) is 0 Å². The van der Waals surface area contributed by atoms with Crippen LogP contribution in [0.3, 0.4) is 0 Å². The lowest BCUT2D eigenvalue weighted by molar-refractivity contribution is 0.0943. The van der Waals surface area contributed by atoms with E-state index in [1.807, 2.05) is 74.5 Å². The number of aryl methyl sites for hydroxylation is 1. The van der Waals surface area contributed by atoms with Crippen molar-refractivity contribution in [1.29, 1.82) is 0 Å². The van der Waals surface area contributed by atoms with Crippen molar-refractivity contribution in [1.82, 2.24) is 10.3 Å². The molecular weight excluding hydrogens is 332 g/mol. The standard InChI is InChI=1S/C20H20N2O2S/c1-14(16-9-5-3-6-10-16)22-20(23)19-15(2)21-18(25-19)13-24-17-11-7-4-8-12-17/h3-12,14H,13H2,1-2H3,(H,22,23)/t14-/m1/s1. The van der Waals surface area contributed by atoms with Gasteiger partial charge in [-0.05, 0) is 31.5 Å². The van der Waals surface area contributed by atoms with Gasteiger partial charge in [0, 0.05) is 0 Å². The van der Waals surface area contributed by atoms with Crippen molar-refractivity contribution in [2.45, 2.75) is 26.5 Å². The van der Waals surface area contributed by atoms with Crippen LogP contribution in [0.25, 0.3) is 0 Å². The van der Waals surface area contributed by atoms with Gasteiger partial charge in [-0.1, -0.05) is 48.5 Å². The molecule has 3 aromatic rings. The molecule has 0 saturated carbocycles. The molecule has 128 valence electrons. The molecule has 0 aliphatic carbocycles. The van der Waals surface area contributed by atoms with Gasteiger partial charge >= 0.3 is 0 Å². The average Bonchev–Trinajstić information content (AvgIpc) is 3.02. The van der Waals surface area contributed by atoms with E-state index in [0.29, 0.717) is 11.5 Å². The van der Waals surface area contributed by atoms with Crippen molar-refractivity contribution in [2.75, 3.05) is 0 Å². The summed E-state index contributed by atoms with van der Waals surface area (Å²) in [5.41, 5.74) is 1.81. The first kappa shape index (κ1) is 17.2. The van der Waals surface area contributed by atoms with Gasteiger partial charge < -0.3 is 10.1 Å². The first-order valence-corrected chi connectivity index (χ1v) is 8.95. The molecule has 4 nitrogen and oxygen atoms in total. The number of amides is 1. The van der Waals surface area contributed by atoms with Crippen LogP contribution in [-0.2, 0) is 6.61 Å². The third kappa shape index (κ3) is 4.45. The predicted molar refractivity (Wildman–Crippen MR) is 99.9 cm³/mol. The van der Waals surface area contributed by atoms with E-state index in [-0.39, 0.29) is 11.9 Å². The van der Waals surface area contributed by atoms with Crippen LogP contribution in [0.4, 0.5) is 0 Å². The lowest BCUT2D eigenvalue weighted by Gasteiger charge is -2.13. The van der Waals surface area contributed by atoms with E-state index >= 15 is 0 Å². The van der Waals surface area contributed by atoms with Crippen molar-refractivity contribution in [3.05, 3.63) is 81.8 Å². The van der Waals surface area contributed by atoms with Crippen molar-refractivity contribution in [2.24, 2.45) is 0 Å². The van der Waals surface area contributed by atoms with E-state index in [9.17, 15) is 4.79 Å². The number of hydrogen-bond donors (Lipinski definition) is 1. The molecule has 0 bridgehead atoms. The summed E-state index contributed by atoms with van der Waals surface area (Å²) in [5, 5.41) is 3.82. The van der Waals surface area contributed by atoms with Gasteiger partial charge in [0.15, 0.2) is 0 Å². The van der Waals surface area contributed by atoms with Gasteiger partial charge in [0.05, 0.1) is 11.7 Å². The molecule has 3 rings (SSSR count). The number of carbonyl (C=O) groups is 1. The van der Waals surface area contributed by atoms with Crippen LogP contribution >= 0.6 is 11.3 Å². The summed E-state index contributed by atoms with van der Waals surface area (Å²) < 4.78 is 5.71. The van der Waals surface area contributed by atoms with E-state index in [2.05, 4.69) is 10.3 Å². The highest BCUT2D eigenvalue weighted by Gasteiger charge is 2.18. The molecule has 1 aromatic heterocycles. The van der Waals surface area contributed by atoms with E-state index < -0.39 is 0 Å². The third-order valence-electron chi connectivity index (χ3n) is 3.80. The zero-order valence-electron chi connectivity index (χ0n) is 14.2. The Morgan fingerprint density at radius 2 is 1.76 bits per heavy atom. The second kappa shape index (κ2) is 7.94. The highest BCUT2D eigenvalue weighted by atomic mass is 32.1. The molecule has 0 aliphatic heterocycles. The first-order chi connectivity index (χ1) is 12.1. The molecule has 1 heterocycles. The van der Waals surface area contributed by atoms with Gasteiger partial charge in [0.25, 0.3) is 5.91 Å². The Hall–Kier alpha value is -2.66. The summed E-state index contributed by atoms with van der Waals surface area (Å²) in [7, 11) is 0. The molecule has 2 aromatic carbocycles. The Morgan fingerprint density at radius 1 is 1.12 bits per heavy atom. The highest BCUT2D eigenvalue weighted by Crippen LogP contribution is 2.21. The van der Waals surface area contributed by atoms with Gasteiger partial charge in [-0.15, -0.1) is 11.3 Å². The van der Waals surface area contributed by atoms with E-state index in [0.717, 1.165) is 22.0 Å². The van der Waals surface area contributed by atoms with Crippen LogP contribution in [0.15, 0.2) is 60.7 Å². The molecule has 1 N–H and O–H groups in total. The summed E-state index contributed by atoms with van der Waals surface area (Å²) in [6, 6.07) is 19.4. The first-order valence-electron chi connectivity index (χ1n) is 8.13. The molecule has 1 amide bonds. The Balaban J connectivity index is 1.64. The molecule has 5 heteroatoms. The Labute approximate surface area is 151 Å². The van der Waals surface area contributed by atoms with E-state index in [1.54, 1.807) is 0 Å². The Morgan fingerprint density at radius 3 is 2.44 bits per heavy atom. The van der Waals surface area contributed by atoms with Crippen molar-refractivity contribution < 1.29 is 9.53 Å². The monoisotopic (exact) mass is 352 g/mol. The van der Waals surface area contributed by atoms with Crippen molar-refractivity contribution in [3.63, 3.8) is 0 Å². The number of ether oxygens (including phenoxy) is 1. The molecule has 0 saturated heterocycles. The maximum Gasteiger partial charge on any atom is 0.263 e. The average molecular weight is 352 g/mol. The number of thiazole rings is 1. The largest absolute Gasteiger partial charge is 0.486 e. The molecule has 0 radical (unpaired) electrons. The Kier molecular flexibility index (Phi) is 5.46. The molecule has 25 heavy (non-hydrogen) atoms. The van der Waals surface area contributed by atoms with E-state index in [4.69, 9.17) is 4.74 Å². The van der Waals surface area contributed by atoms with Crippen LogP contribution in [0.5, 0.6) is 5.75 Å². The molecule has 0 aliphatic rings. The number of para-hydroxylation sites is 1. The number of nitrogens with one attached hydrogen (secondary N) is 1. The number of aromatic nitrogens is 1. The molecule has 0 fully saturated rings. The maximum atomic E-state index is 12.6. The van der Waals surface area contributed by atoms with Crippen molar-refractivity contribution >= 4 is 17.2 Å². The molecule has 0 unspecified atom stereocenters. The van der Waals surface area contributed by atoms with Gasteiger partial charge in [-0.2, -0.15) is 0 Å². The quantitative estimate of drug-likeness (QED) is 0.709. The fourth-order valence-electron chi connectivity index (χ4n) is 2.47. The SMILES string of the molecule is Cc1nc(COc2ccccc2)sc1C(=O)N[C@H](C)c1ccccc1. The number of carbonyl (C=O) groups excluding carboxylic acids is 1. The van der Waals surface area contributed by atoms with Crippen LogP contribution in [0.2, 0.25) is 0 Å². The number of benzene rings is 2. The normalized spacial score (nSPS) is 11.8. The summed E-state index contributed by atoms with van der Waals surface area (Å²) in [5.74, 6) is 0.691. The second-order valence-electron chi connectivity index (χ2n) is 5.73. The minimum atomic E-state index is -0.0997. The summed E-state index contributed by atoms with van der Waals surface area (Å²) in [6.45, 7) is 4.19. The van der Waals surface area contributed by atoms with Crippen LogP contribution < -0.4 is 10.1 Å². The van der Waals surface area contributed by atoms with Crippen LogP contribution in [-0.4, -0.2) is 10.9 Å². The molecular formula is C20H20N2O2S. The number of hydrogen-bond acceptors (Lipinski definition) is 4. The van der Waals surface area contributed by atoms with Gasteiger partial charge in [0.1, 0.15) is 22.2 Å². The van der Waals surface area contributed by atoms with Crippen LogP contribution in [0.1, 0.15) is 38.9 Å². The zero-order valence-corrected chi connectivity index (χ0v) is 15.0. The minimum Gasteiger partial charge on any atom is -0.486 e. The third-order valence-corrected chi connectivity index (χ3v) is 4.93. The Bertz CT molecular complexity index is 831. The molecule has 0 spiro atoms. The van der Waals surface area contributed by atoms with Crippen LogP contribution in [0, 0.1) is 6.92 Å².